The van der Waals surface area contributed by atoms with Crippen LogP contribution < -0.4 is 0 Å². The summed E-state index contributed by atoms with van der Waals surface area (Å²) in [5.74, 6) is -0.929. The van der Waals surface area contributed by atoms with Crippen LogP contribution in [0, 0.1) is 13.8 Å². The Kier molecular flexibility index (Phi) is 4.70. The fraction of sp³-hybridized carbons (Fsp3) is 0.0952. The summed E-state index contributed by atoms with van der Waals surface area (Å²) in [6.07, 6.45) is 0. The van der Waals surface area contributed by atoms with Crippen LogP contribution in [-0.4, -0.2) is 11.1 Å². The molecule has 4 nitrogen and oxygen atoms in total. The summed E-state index contributed by atoms with van der Waals surface area (Å²) in [6, 6.07) is 20.6. The van der Waals surface area contributed by atoms with Crippen LogP contribution in [-0.2, 0) is 0 Å². The molecule has 0 fully saturated rings. The first kappa shape index (κ1) is 16.6. The number of azo groups is 1. The average Bonchev–Trinajstić information content (AvgIpc) is 2.61. The zero-order valence-corrected chi connectivity index (χ0v) is 14.1. The van der Waals surface area contributed by atoms with E-state index in [0.717, 1.165) is 33.6 Å². The summed E-state index contributed by atoms with van der Waals surface area (Å²) in [4.78, 5) is 11.1. The van der Waals surface area contributed by atoms with E-state index in [1.54, 1.807) is 12.1 Å². The van der Waals surface area contributed by atoms with Crippen molar-refractivity contribution in [3.8, 4) is 11.1 Å². The van der Waals surface area contributed by atoms with Crippen molar-refractivity contribution in [1.29, 1.82) is 0 Å². The van der Waals surface area contributed by atoms with E-state index in [0.29, 0.717) is 0 Å². The van der Waals surface area contributed by atoms with Gasteiger partial charge in [0, 0.05) is 5.56 Å². The number of hydrogen-bond donors (Lipinski definition) is 1. The first-order chi connectivity index (χ1) is 12.1. The molecule has 25 heavy (non-hydrogen) atoms. The lowest BCUT2D eigenvalue weighted by Crippen LogP contribution is -1.97. The van der Waals surface area contributed by atoms with Crippen LogP contribution in [0.2, 0.25) is 0 Å². The molecule has 3 aromatic rings. The van der Waals surface area contributed by atoms with Gasteiger partial charge in [0.05, 0.1) is 16.9 Å². The molecule has 3 aromatic carbocycles. The van der Waals surface area contributed by atoms with Gasteiger partial charge in [0.2, 0.25) is 0 Å². The highest BCUT2D eigenvalue weighted by Crippen LogP contribution is 2.34. The Morgan fingerprint density at radius 2 is 1.40 bits per heavy atom. The summed E-state index contributed by atoms with van der Waals surface area (Å²) >= 11 is 0. The van der Waals surface area contributed by atoms with Crippen LogP contribution in [0.4, 0.5) is 11.4 Å². The molecule has 0 bridgehead atoms. The standard InChI is InChI=1S/C21H18N2O2/c1-14-7-3-5-9-19(14)22-23-20-10-6-4-8-18(20)17-12-11-16(21(24)25)13-15(17)2/h3-13H,1-2H3,(H,24,25)/b23-22+. The second-order valence-corrected chi connectivity index (χ2v) is 5.84. The third kappa shape index (κ3) is 3.63. The summed E-state index contributed by atoms with van der Waals surface area (Å²) < 4.78 is 0. The van der Waals surface area contributed by atoms with Gasteiger partial charge < -0.3 is 5.11 Å². The normalized spacial score (nSPS) is 11.0. The first-order valence-electron chi connectivity index (χ1n) is 7.97. The van der Waals surface area contributed by atoms with Gasteiger partial charge in [-0.3, -0.25) is 0 Å². The quantitative estimate of drug-likeness (QED) is 0.589. The molecule has 0 aliphatic carbocycles. The van der Waals surface area contributed by atoms with Crippen LogP contribution >= 0.6 is 0 Å². The molecule has 0 atom stereocenters. The molecular formula is C21H18N2O2. The van der Waals surface area contributed by atoms with E-state index >= 15 is 0 Å². The van der Waals surface area contributed by atoms with E-state index in [9.17, 15) is 4.79 Å². The lowest BCUT2D eigenvalue weighted by Gasteiger charge is -2.09. The molecule has 0 aromatic heterocycles. The van der Waals surface area contributed by atoms with Gasteiger partial charge in [-0.15, -0.1) is 5.11 Å². The van der Waals surface area contributed by atoms with Gasteiger partial charge in [0.15, 0.2) is 0 Å². The van der Waals surface area contributed by atoms with Gasteiger partial charge in [-0.2, -0.15) is 5.11 Å². The molecule has 0 spiro atoms. The Hall–Kier alpha value is -3.27. The maximum absolute atomic E-state index is 11.1. The summed E-state index contributed by atoms with van der Waals surface area (Å²) in [6.45, 7) is 3.89. The topological polar surface area (TPSA) is 62.0 Å². The van der Waals surface area contributed by atoms with Crippen molar-refractivity contribution in [3.05, 3.63) is 83.4 Å². The van der Waals surface area contributed by atoms with Gasteiger partial charge in [-0.05, 0) is 54.8 Å². The number of aromatic carboxylic acids is 1. The first-order valence-corrected chi connectivity index (χ1v) is 7.97. The molecule has 0 saturated heterocycles. The second-order valence-electron chi connectivity index (χ2n) is 5.84. The largest absolute Gasteiger partial charge is 0.478 e. The number of aryl methyl sites for hydroxylation is 2. The maximum Gasteiger partial charge on any atom is 0.335 e. The number of hydrogen-bond acceptors (Lipinski definition) is 3. The van der Waals surface area contributed by atoms with Gasteiger partial charge in [0.25, 0.3) is 0 Å². The number of benzene rings is 3. The van der Waals surface area contributed by atoms with Crippen LogP contribution in [0.15, 0.2) is 77.0 Å². The molecule has 124 valence electrons. The number of carboxylic acid groups (broad SMARTS) is 1. The zero-order valence-electron chi connectivity index (χ0n) is 14.1. The van der Waals surface area contributed by atoms with Gasteiger partial charge in [0.1, 0.15) is 0 Å². The minimum Gasteiger partial charge on any atom is -0.478 e. The third-order valence-corrected chi connectivity index (χ3v) is 4.05. The van der Waals surface area contributed by atoms with E-state index in [1.807, 2.05) is 68.4 Å². The maximum atomic E-state index is 11.1. The number of nitrogens with zero attached hydrogens (tertiary/aromatic N) is 2. The highest BCUT2D eigenvalue weighted by Gasteiger charge is 2.10. The molecule has 0 amide bonds. The Labute approximate surface area is 146 Å². The Morgan fingerprint density at radius 3 is 2.08 bits per heavy atom. The van der Waals surface area contributed by atoms with Crippen LogP contribution in [0.1, 0.15) is 21.5 Å². The minimum absolute atomic E-state index is 0.278. The highest BCUT2D eigenvalue weighted by atomic mass is 16.4. The number of rotatable bonds is 4. The van der Waals surface area contributed by atoms with E-state index < -0.39 is 5.97 Å². The van der Waals surface area contributed by atoms with E-state index in [2.05, 4.69) is 10.2 Å². The minimum atomic E-state index is -0.929. The predicted octanol–water partition coefficient (Wildman–Crippen LogP) is 6.08. The average molecular weight is 330 g/mol. The molecule has 0 aliphatic rings. The fourth-order valence-electron chi connectivity index (χ4n) is 2.67. The van der Waals surface area contributed by atoms with Crippen molar-refractivity contribution >= 4 is 17.3 Å². The van der Waals surface area contributed by atoms with E-state index in [-0.39, 0.29) is 5.56 Å². The lowest BCUT2D eigenvalue weighted by molar-refractivity contribution is 0.0697. The summed E-state index contributed by atoms with van der Waals surface area (Å²) in [5.41, 5.74) is 5.68. The highest BCUT2D eigenvalue weighted by molar-refractivity contribution is 5.89. The van der Waals surface area contributed by atoms with E-state index in [1.165, 1.54) is 0 Å². The number of carbonyl (C=O) groups is 1. The SMILES string of the molecule is Cc1ccccc1/N=N/c1ccccc1-c1ccc(C(=O)O)cc1C. The smallest absolute Gasteiger partial charge is 0.335 e. The summed E-state index contributed by atoms with van der Waals surface area (Å²) in [5, 5.41) is 17.9. The Balaban J connectivity index is 2.02. The molecule has 0 radical (unpaired) electrons. The fourth-order valence-corrected chi connectivity index (χ4v) is 2.67. The lowest BCUT2D eigenvalue weighted by atomic mass is 9.97. The van der Waals surface area contributed by atoms with Crippen LogP contribution in [0.25, 0.3) is 11.1 Å². The molecule has 1 N–H and O–H groups in total. The Morgan fingerprint density at radius 1 is 0.760 bits per heavy atom. The molecule has 0 saturated carbocycles. The molecule has 4 heteroatoms. The second kappa shape index (κ2) is 7.09. The van der Waals surface area contributed by atoms with Crippen molar-refractivity contribution in [3.63, 3.8) is 0 Å². The van der Waals surface area contributed by atoms with Crippen molar-refractivity contribution in [1.82, 2.24) is 0 Å². The predicted molar refractivity (Wildman–Crippen MR) is 98.9 cm³/mol. The van der Waals surface area contributed by atoms with Crippen molar-refractivity contribution in [2.45, 2.75) is 13.8 Å². The molecule has 0 heterocycles. The van der Waals surface area contributed by atoms with E-state index in [4.69, 9.17) is 5.11 Å². The third-order valence-electron chi connectivity index (χ3n) is 4.05. The van der Waals surface area contributed by atoms with Crippen molar-refractivity contribution < 1.29 is 9.90 Å². The number of carboxylic acids is 1. The van der Waals surface area contributed by atoms with Crippen molar-refractivity contribution in [2.24, 2.45) is 10.2 Å². The summed E-state index contributed by atoms with van der Waals surface area (Å²) in [7, 11) is 0. The van der Waals surface area contributed by atoms with Crippen molar-refractivity contribution in [2.75, 3.05) is 0 Å². The van der Waals surface area contributed by atoms with Crippen LogP contribution in [0.5, 0.6) is 0 Å². The van der Waals surface area contributed by atoms with Gasteiger partial charge in [-0.1, -0.05) is 42.5 Å². The molecular weight excluding hydrogens is 312 g/mol. The van der Waals surface area contributed by atoms with Gasteiger partial charge >= 0.3 is 5.97 Å². The molecule has 0 aliphatic heterocycles. The zero-order chi connectivity index (χ0) is 17.8. The monoisotopic (exact) mass is 330 g/mol. The van der Waals surface area contributed by atoms with Crippen LogP contribution in [0.3, 0.4) is 0 Å². The Bertz CT molecular complexity index is 962. The molecule has 3 rings (SSSR count). The molecule has 0 unspecified atom stereocenters. The van der Waals surface area contributed by atoms with Gasteiger partial charge in [-0.25, -0.2) is 4.79 Å².